The number of aromatic nitrogens is 4. The molecule has 1 N–H and O–H groups in total. The van der Waals surface area contributed by atoms with Crippen LogP contribution in [0.2, 0.25) is 0 Å². The van der Waals surface area contributed by atoms with Gasteiger partial charge in [0, 0.05) is 30.6 Å². The number of nitrogens with one attached hydrogen (secondary N) is 1. The Balaban J connectivity index is 1.50. The van der Waals surface area contributed by atoms with Gasteiger partial charge in [-0.25, -0.2) is 8.42 Å². The first-order valence-electron chi connectivity index (χ1n) is 11.3. The molecule has 2 aromatic carbocycles. The number of carbonyl (C=O) groups excluding carboxylic acids is 1. The molecule has 2 heterocycles. The highest BCUT2D eigenvalue weighted by molar-refractivity contribution is 7.90. The molecule has 1 aliphatic rings. The first kappa shape index (κ1) is 23.9. The summed E-state index contributed by atoms with van der Waals surface area (Å²) in [6.07, 6.45) is 2.32. The zero-order valence-corrected chi connectivity index (χ0v) is 20.7. The van der Waals surface area contributed by atoms with E-state index in [1.807, 2.05) is 30.0 Å². The normalized spacial score (nSPS) is 18.6. The molecule has 0 saturated carbocycles. The smallest absolute Gasteiger partial charge is 0.253 e. The SMILES string of the molecule is Cc1ccc(C(=O)N2CC(C)CC(C)C2)cc1NCc1nnnn1-c1ccc(S(C)(=O)=O)cc1. The number of likely N-dealkylation sites (tertiary alicyclic amines) is 1. The van der Waals surface area contributed by atoms with Gasteiger partial charge in [-0.1, -0.05) is 19.9 Å². The number of hydrogen-bond donors (Lipinski definition) is 1. The van der Waals surface area contributed by atoms with Crippen LogP contribution in [0, 0.1) is 18.8 Å². The molecule has 1 aromatic heterocycles. The number of anilines is 1. The highest BCUT2D eigenvalue weighted by Crippen LogP contribution is 2.25. The molecular weight excluding hydrogens is 452 g/mol. The van der Waals surface area contributed by atoms with Crippen molar-refractivity contribution in [2.24, 2.45) is 11.8 Å². The van der Waals surface area contributed by atoms with Crippen molar-refractivity contribution in [3.05, 3.63) is 59.4 Å². The molecule has 0 spiro atoms. The second kappa shape index (κ2) is 9.54. The second-order valence-electron chi connectivity index (χ2n) is 9.31. The van der Waals surface area contributed by atoms with Crippen molar-refractivity contribution < 1.29 is 13.2 Å². The third-order valence-corrected chi connectivity index (χ3v) is 7.25. The van der Waals surface area contributed by atoms with Crippen LogP contribution in [0.4, 0.5) is 5.69 Å². The van der Waals surface area contributed by atoms with Gasteiger partial charge in [0.15, 0.2) is 15.7 Å². The van der Waals surface area contributed by atoms with Crippen LogP contribution in [0.5, 0.6) is 0 Å². The Morgan fingerprint density at radius 1 is 1.09 bits per heavy atom. The number of carbonyl (C=O) groups is 1. The largest absolute Gasteiger partial charge is 0.377 e. The minimum Gasteiger partial charge on any atom is -0.377 e. The fraction of sp³-hybridized carbons (Fsp3) is 0.417. The summed E-state index contributed by atoms with van der Waals surface area (Å²) < 4.78 is 25.0. The summed E-state index contributed by atoms with van der Waals surface area (Å²) in [5.41, 5.74) is 3.16. The Kier molecular flexibility index (Phi) is 6.70. The number of nitrogens with zero attached hydrogens (tertiary/aromatic N) is 5. The van der Waals surface area contributed by atoms with E-state index in [4.69, 9.17) is 0 Å². The second-order valence-corrected chi connectivity index (χ2v) is 11.3. The van der Waals surface area contributed by atoms with Crippen LogP contribution in [-0.2, 0) is 16.4 Å². The Morgan fingerprint density at radius 3 is 2.41 bits per heavy atom. The lowest BCUT2D eigenvalue weighted by Gasteiger charge is -2.35. The molecule has 0 radical (unpaired) electrons. The molecule has 9 nitrogen and oxygen atoms in total. The molecular formula is C24H30N6O3S. The van der Waals surface area contributed by atoms with E-state index in [9.17, 15) is 13.2 Å². The van der Waals surface area contributed by atoms with Crippen molar-refractivity contribution in [3.8, 4) is 5.69 Å². The van der Waals surface area contributed by atoms with Gasteiger partial charge in [0.05, 0.1) is 17.1 Å². The van der Waals surface area contributed by atoms with E-state index in [1.165, 1.54) is 18.4 Å². The van der Waals surface area contributed by atoms with Crippen LogP contribution in [0.3, 0.4) is 0 Å². The van der Waals surface area contributed by atoms with Gasteiger partial charge in [0.1, 0.15) is 0 Å². The lowest BCUT2D eigenvalue weighted by molar-refractivity contribution is 0.0623. The van der Waals surface area contributed by atoms with Crippen LogP contribution in [0.15, 0.2) is 47.4 Å². The van der Waals surface area contributed by atoms with Crippen LogP contribution in [0.1, 0.15) is 42.0 Å². The van der Waals surface area contributed by atoms with Gasteiger partial charge in [-0.2, -0.15) is 4.68 Å². The molecule has 2 atom stereocenters. The number of aryl methyl sites for hydroxylation is 1. The average molecular weight is 483 g/mol. The maximum Gasteiger partial charge on any atom is 0.253 e. The first-order chi connectivity index (χ1) is 16.1. The summed E-state index contributed by atoms with van der Waals surface area (Å²) in [6.45, 7) is 8.26. The van der Waals surface area contributed by atoms with E-state index < -0.39 is 9.84 Å². The Hall–Kier alpha value is -3.27. The molecule has 180 valence electrons. The molecule has 0 aliphatic carbocycles. The number of piperidine rings is 1. The van der Waals surface area contributed by atoms with E-state index in [0.29, 0.717) is 35.5 Å². The van der Waals surface area contributed by atoms with Crippen LogP contribution < -0.4 is 5.32 Å². The van der Waals surface area contributed by atoms with Gasteiger partial charge in [0.25, 0.3) is 5.91 Å². The molecule has 1 aliphatic heterocycles. The number of amides is 1. The van der Waals surface area contributed by atoms with E-state index in [-0.39, 0.29) is 10.8 Å². The van der Waals surface area contributed by atoms with Gasteiger partial charge in [-0.15, -0.1) is 5.10 Å². The summed E-state index contributed by atoms with van der Waals surface area (Å²) in [4.78, 5) is 15.3. The molecule has 34 heavy (non-hydrogen) atoms. The van der Waals surface area contributed by atoms with Crippen molar-refractivity contribution in [1.29, 1.82) is 0 Å². The van der Waals surface area contributed by atoms with Crippen molar-refractivity contribution in [3.63, 3.8) is 0 Å². The maximum absolute atomic E-state index is 13.1. The lowest BCUT2D eigenvalue weighted by atomic mass is 9.91. The van der Waals surface area contributed by atoms with Gasteiger partial charge >= 0.3 is 0 Å². The predicted molar refractivity (Wildman–Crippen MR) is 130 cm³/mol. The molecule has 1 fully saturated rings. The summed E-state index contributed by atoms with van der Waals surface area (Å²) in [5, 5.41) is 15.3. The zero-order valence-electron chi connectivity index (χ0n) is 19.9. The fourth-order valence-corrected chi connectivity index (χ4v) is 5.11. The standard InChI is InChI=1S/C24H30N6O3S/c1-16-11-17(2)15-29(14-16)24(31)19-6-5-18(3)22(12-19)25-13-23-26-27-28-30(23)20-7-9-21(10-8-20)34(4,32)33/h5-10,12,16-17,25H,11,13-15H2,1-4H3. The summed E-state index contributed by atoms with van der Waals surface area (Å²) in [7, 11) is -3.28. The summed E-state index contributed by atoms with van der Waals surface area (Å²) in [5.74, 6) is 1.61. The van der Waals surface area contributed by atoms with Crippen molar-refractivity contribution in [1.82, 2.24) is 25.1 Å². The minimum absolute atomic E-state index is 0.0530. The van der Waals surface area contributed by atoms with Crippen molar-refractivity contribution >= 4 is 21.4 Å². The third-order valence-electron chi connectivity index (χ3n) is 6.12. The van der Waals surface area contributed by atoms with Crippen molar-refractivity contribution in [2.75, 3.05) is 24.7 Å². The average Bonchev–Trinajstić information content (AvgIpc) is 3.25. The predicted octanol–water partition coefficient (Wildman–Crippen LogP) is 3.10. The monoisotopic (exact) mass is 482 g/mol. The Labute approximate surface area is 200 Å². The van der Waals surface area contributed by atoms with Gasteiger partial charge in [0.2, 0.25) is 0 Å². The first-order valence-corrected chi connectivity index (χ1v) is 13.2. The molecule has 4 rings (SSSR count). The Bertz CT molecular complexity index is 1280. The molecule has 1 amide bonds. The highest BCUT2D eigenvalue weighted by Gasteiger charge is 2.26. The van der Waals surface area contributed by atoms with Crippen LogP contribution in [-0.4, -0.2) is 58.8 Å². The van der Waals surface area contributed by atoms with Crippen LogP contribution >= 0.6 is 0 Å². The number of benzene rings is 2. The number of hydrogen-bond acceptors (Lipinski definition) is 7. The highest BCUT2D eigenvalue weighted by atomic mass is 32.2. The summed E-state index contributed by atoms with van der Waals surface area (Å²) in [6, 6.07) is 12.1. The number of rotatable bonds is 6. The van der Waals surface area contributed by atoms with Gasteiger partial charge < -0.3 is 10.2 Å². The van der Waals surface area contributed by atoms with Gasteiger partial charge in [-0.3, -0.25) is 4.79 Å². The van der Waals surface area contributed by atoms with Crippen LogP contribution in [0.25, 0.3) is 5.69 Å². The molecule has 10 heteroatoms. The van der Waals surface area contributed by atoms with E-state index in [2.05, 4.69) is 34.7 Å². The topological polar surface area (TPSA) is 110 Å². The Morgan fingerprint density at radius 2 is 1.76 bits per heavy atom. The molecule has 3 aromatic rings. The number of sulfone groups is 1. The maximum atomic E-state index is 13.1. The fourth-order valence-electron chi connectivity index (χ4n) is 4.48. The minimum atomic E-state index is -3.28. The van der Waals surface area contributed by atoms with Gasteiger partial charge in [-0.05, 0) is 77.6 Å². The lowest BCUT2D eigenvalue weighted by Crippen LogP contribution is -2.42. The summed E-state index contributed by atoms with van der Waals surface area (Å²) >= 11 is 0. The molecule has 0 bridgehead atoms. The quantitative estimate of drug-likeness (QED) is 0.575. The zero-order chi connectivity index (χ0) is 24.5. The molecule has 1 saturated heterocycles. The number of tetrazole rings is 1. The molecule has 2 unspecified atom stereocenters. The third kappa shape index (κ3) is 5.27. The van der Waals surface area contributed by atoms with E-state index >= 15 is 0 Å². The van der Waals surface area contributed by atoms with E-state index in [1.54, 1.807) is 16.8 Å². The van der Waals surface area contributed by atoms with E-state index in [0.717, 1.165) is 30.8 Å². The van der Waals surface area contributed by atoms with Crippen molar-refractivity contribution in [2.45, 2.75) is 38.6 Å².